The van der Waals surface area contributed by atoms with Gasteiger partial charge in [0, 0.05) is 44.8 Å². The standard InChI is InChI=1S/C19H27N5O/c1-15-5-3-7-18(22-15)24-12-9-16(10-13-24)23-19(20-2)21-11-8-17-6-4-14-25-17/h3-7,14,16H,8-13H2,1-2H3,(H2,20,21,23). The summed E-state index contributed by atoms with van der Waals surface area (Å²) in [5.74, 6) is 2.93. The van der Waals surface area contributed by atoms with E-state index in [-0.39, 0.29) is 0 Å². The fourth-order valence-electron chi connectivity index (χ4n) is 3.10. The number of aryl methyl sites for hydroxylation is 1. The van der Waals surface area contributed by atoms with Gasteiger partial charge < -0.3 is 20.0 Å². The summed E-state index contributed by atoms with van der Waals surface area (Å²) in [5.41, 5.74) is 1.07. The number of anilines is 1. The molecule has 1 fully saturated rings. The number of hydrogen-bond acceptors (Lipinski definition) is 4. The highest BCUT2D eigenvalue weighted by molar-refractivity contribution is 5.80. The van der Waals surface area contributed by atoms with Crippen molar-refractivity contribution in [3.63, 3.8) is 0 Å². The maximum absolute atomic E-state index is 5.35. The van der Waals surface area contributed by atoms with E-state index in [1.165, 1.54) is 0 Å². The molecule has 6 heteroatoms. The van der Waals surface area contributed by atoms with Crippen LogP contribution in [-0.2, 0) is 6.42 Å². The zero-order valence-electron chi connectivity index (χ0n) is 15.0. The minimum atomic E-state index is 0.441. The zero-order chi connectivity index (χ0) is 17.5. The predicted octanol–water partition coefficient (Wildman–Crippen LogP) is 2.36. The van der Waals surface area contributed by atoms with Crippen molar-refractivity contribution >= 4 is 11.8 Å². The molecule has 0 bridgehead atoms. The fraction of sp³-hybridized carbons (Fsp3) is 0.474. The van der Waals surface area contributed by atoms with E-state index < -0.39 is 0 Å². The first-order chi connectivity index (χ1) is 12.2. The van der Waals surface area contributed by atoms with E-state index >= 15 is 0 Å². The molecule has 0 atom stereocenters. The van der Waals surface area contributed by atoms with Crippen molar-refractivity contribution in [2.75, 3.05) is 31.6 Å². The molecule has 2 N–H and O–H groups in total. The van der Waals surface area contributed by atoms with E-state index in [1.54, 1.807) is 6.26 Å². The van der Waals surface area contributed by atoms with E-state index in [1.807, 2.05) is 32.2 Å². The number of guanidine groups is 1. The van der Waals surface area contributed by atoms with Crippen LogP contribution in [0.15, 0.2) is 46.0 Å². The van der Waals surface area contributed by atoms with Gasteiger partial charge in [-0.2, -0.15) is 0 Å². The second kappa shape index (κ2) is 8.55. The van der Waals surface area contributed by atoms with Gasteiger partial charge in [0.15, 0.2) is 5.96 Å². The third kappa shape index (κ3) is 4.98. The molecule has 0 radical (unpaired) electrons. The second-order valence-corrected chi connectivity index (χ2v) is 6.37. The van der Waals surface area contributed by atoms with Crippen LogP contribution < -0.4 is 15.5 Å². The van der Waals surface area contributed by atoms with Gasteiger partial charge in [-0.3, -0.25) is 4.99 Å². The summed E-state index contributed by atoms with van der Waals surface area (Å²) in [5, 5.41) is 6.89. The maximum Gasteiger partial charge on any atom is 0.191 e. The minimum Gasteiger partial charge on any atom is -0.469 e. The van der Waals surface area contributed by atoms with Crippen molar-refractivity contribution < 1.29 is 4.42 Å². The number of furan rings is 1. The first kappa shape index (κ1) is 17.3. The Hall–Kier alpha value is -2.50. The molecular weight excluding hydrogens is 314 g/mol. The van der Waals surface area contributed by atoms with Crippen molar-refractivity contribution in [3.05, 3.63) is 48.0 Å². The molecule has 1 aliphatic rings. The first-order valence-electron chi connectivity index (χ1n) is 8.93. The summed E-state index contributed by atoms with van der Waals surface area (Å²) in [6, 6.07) is 10.6. The van der Waals surface area contributed by atoms with Crippen LogP contribution in [0.4, 0.5) is 5.82 Å². The van der Waals surface area contributed by atoms with E-state index in [4.69, 9.17) is 4.42 Å². The Morgan fingerprint density at radius 1 is 1.28 bits per heavy atom. The molecule has 2 aromatic rings. The lowest BCUT2D eigenvalue weighted by atomic mass is 10.1. The molecule has 25 heavy (non-hydrogen) atoms. The number of pyridine rings is 1. The molecule has 0 amide bonds. The highest BCUT2D eigenvalue weighted by Gasteiger charge is 2.20. The first-order valence-corrected chi connectivity index (χ1v) is 8.93. The van der Waals surface area contributed by atoms with Crippen LogP contribution in [0.25, 0.3) is 0 Å². The number of nitrogens with zero attached hydrogens (tertiary/aromatic N) is 3. The summed E-state index contributed by atoms with van der Waals surface area (Å²) in [6.07, 6.45) is 4.72. The number of nitrogens with one attached hydrogen (secondary N) is 2. The van der Waals surface area contributed by atoms with Crippen molar-refractivity contribution in [1.29, 1.82) is 0 Å². The van der Waals surface area contributed by atoms with Crippen LogP contribution in [0.3, 0.4) is 0 Å². The Morgan fingerprint density at radius 2 is 2.12 bits per heavy atom. The predicted molar refractivity (Wildman–Crippen MR) is 101 cm³/mol. The Labute approximate surface area is 149 Å². The van der Waals surface area contributed by atoms with Crippen molar-refractivity contribution in [2.45, 2.75) is 32.2 Å². The maximum atomic E-state index is 5.35. The van der Waals surface area contributed by atoms with Gasteiger partial charge in [-0.1, -0.05) is 6.07 Å². The SMILES string of the molecule is CN=C(NCCc1ccco1)NC1CCN(c2cccc(C)n2)CC1. The molecular formula is C19H27N5O. The molecule has 2 aromatic heterocycles. The summed E-state index contributed by atoms with van der Waals surface area (Å²) < 4.78 is 5.35. The lowest BCUT2D eigenvalue weighted by molar-refractivity contribution is 0.458. The molecule has 0 saturated carbocycles. The molecule has 3 heterocycles. The molecule has 0 aliphatic carbocycles. The molecule has 6 nitrogen and oxygen atoms in total. The van der Waals surface area contributed by atoms with E-state index in [0.29, 0.717) is 6.04 Å². The van der Waals surface area contributed by atoms with Gasteiger partial charge in [0.25, 0.3) is 0 Å². The Kier molecular flexibility index (Phi) is 5.93. The summed E-state index contributed by atoms with van der Waals surface area (Å²) in [7, 11) is 1.81. The average Bonchev–Trinajstić information content (AvgIpc) is 3.15. The largest absolute Gasteiger partial charge is 0.469 e. The smallest absolute Gasteiger partial charge is 0.191 e. The van der Waals surface area contributed by atoms with E-state index in [0.717, 1.165) is 62.1 Å². The fourth-order valence-corrected chi connectivity index (χ4v) is 3.10. The highest BCUT2D eigenvalue weighted by Crippen LogP contribution is 2.18. The summed E-state index contributed by atoms with van der Waals surface area (Å²) in [4.78, 5) is 11.3. The van der Waals surface area contributed by atoms with Crippen molar-refractivity contribution in [2.24, 2.45) is 4.99 Å². The van der Waals surface area contributed by atoms with Crippen LogP contribution in [0.5, 0.6) is 0 Å². The molecule has 1 aliphatic heterocycles. The van der Waals surface area contributed by atoms with Gasteiger partial charge in [0.2, 0.25) is 0 Å². The monoisotopic (exact) mass is 341 g/mol. The van der Waals surface area contributed by atoms with Gasteiger partial charge in [0.1, 0.15) is 11.6 Å². The van der Waals surface area contributed by atoms with E-state index in [2.05, 4.69) is 37.6 Å². The topological polar surface area (TPSA) is 65.7 Å². The van der Waals surface area contributed by atoms with Gasteiger partial charge in [-0.05, 0) is 44.0 Å². The summed E-state index contributed by atoms with van der Waals surface area (Å²) in [6.45, 7) is 4.87. The number of aromatic nitrogens is 1. The Morgan fingerprint density at radius 3 is 2.80 bits per heavy atom. The molecule has 0 aromatic carbocycles. The summed E-state index contributed by atoms with van der Waals surface area (Å²) >= 11 is 0. The molecule has 1 saturated heterocycles. The third-order valence-electron chi connectivity index (χ3n) is 4.50. The molecule has 0 spiro atoms. The van der Waals surface area contributed by atoms with Crippen LogP contribution in [0, 0.1) is 6.92 Å². The van der Waals surface area contributed by atoms with Gasteiger partial charge in [0.05, 0.1) is 6.26 Å². The molecule has 134 valence electrons. The minimum absolute atomic E-state index is 0.441. The van der Waals surface area contributed by atoms with Gasteiger partial charge in [-0.25, -0.2) is 4.98 Å². The second-order valence-electron chi connectivity index (χ2n) is 6.37. The number of rotatable bonds is 5. The van der Waals surface area contributed by atoms with Gasteiger partial charge in [-0.15, -0.1) is 0 Å². The van der Waals surface area contributed by atoms with Crippen molar-refractivity contribution in [1.82, 2.24) is 15.6 Å². The normalized spacial score (nSPS) is 16.1. The average molecular weight is 341 g/mol. The van der Waals surface area contributed by atoms with Crippen LogP contribution in [0.1, 0.15) is 24.3 Å². The Bertz CT molecular complexity index is 675. The molecule has 3 rings (SSSR count). The lowest BCUT2D eigenvalue weighted by Gasteiger charge is -2.34. The number of aliphatic imine (C=N–C) groups is 1. The van der Waals surface area contributed by atoms with Crippen LogP contribution >= 0.6 is 0 Å². The number of hydrogen-bond donors (Lipinski definition) is 2. The van der Waals surface area contributed by atoms with Crippen LogP contribution in [0.2, 0.25) is 0 Å². The molecule has 0 unspecified atom stereocenters. The van der Waals surface area contributed by atoms with E-state index in [9.17, 15) is 0 Å². The highest BCUT2D eigenvalue weighted by atomic mass is 16.3. The zero-order valence-corrected chi connectivity index (χ0v) is 15.0. The quantitative estimate of drug-likeness (QED) is 0.646. The van der Waals surface area contributed by atoms with Crippen molar-refractivity contribution in [3.8, 4) is 0 Å². The number of piperidine rings is 1. The lowest BCUT2D eigenvalue weighted by Crippen LogP contribution is -2.49. The van der Waals surface area contributed by atoms with Gasteiger partial charge >= 0.3 is 0 Å². The third-order valence-corrected chi connectivity index (χ3v) is 4.50. The van der Waals surface area contributed by atoms with Crippen LogP contribution in [-0.4, -0.2) is 43.7 Å². The Balaban J connectivity index is 1.42.